The van der Waals surface area contributed by atoms with Gasteiger partial charge in [-0.15, -0.1) is 0 Å². The lowest BCUT2D eigenvalue weighted by molar-refractivity contribution is 0.0698. The van der Waals surface area contributed by atoms with Gasteiger partial charge in [-0.2, -0.15) is 5.26 Å². The number of carboxylic acids is 1. The zero-order valence-corrected chi connectivity index (χ0v) is 17.2. The number of carbonyl (C=O) groups excluding carboxylic acids is 1. The first kappa shape index (κ1) is 20.8. The number of carboxylic acid groups (broad SMARTS) is 1. The molecule has 8 nitrogen and oxygen atoms in total. The van der Waals surface area contributed by atoms with Crippen molar-refractivity contribution >= 4 is 38.3 Å². The molecule has 0 aliphatic rings. The van der Waals surface area contributed by atoms with Gasteiger partial charge in [0.2, 0.25) is 9.84 Å². The largest absolute Gasteiger partial charge is 0.478 e. The lowest BCUT2D eigenvalue weighted by Gasteiger charge is -2.08. The minimum atomic E-state index is -3.83. The monoisotopic (exact) mass is 445 g/mol. The number of hydrogen-bond donors (Lipinski definition) is 3. The molecule has 4 aromatic rings. The van der Waals surface area contributed by atoms with E-state index in [9.17, 15) is 23.1 Å². The van der Waals surface area contributed by atoms with Crippen LogP contribution in [0.1, 0.15) is 26.4 Å². The Balaban J connectivity index is 1.73. The van der Waals surface area contributed by atoms with E-state index >= 15 is 0 Å². The maximum Gasteiger partial charge on any atom is 0.337 e. The van der Waals surface area contributed by atoms with Crippen molar-refractivity contribution in [3.8, 4) is 6.07 Å². The molecule has 0 aliphatic carbocycles. The number of carbonyl (C=O) groups is 2. The number of hydrogen-bond acceptors (Lipinski definition) is 5. The molecule has 0 atom stereocenters. The predicted molar refractivity (Wildman–Crippen MR) is 116 cm³/mol. The summed E-state index contributed by atoms with van der Waals surface area (Å²) in [6.07, 6.45) is 0. The van der Waals surface area contributed by atoms with Gasteiger partial charge in [0.15, 0.2) is 0 Å². The Morgan fingerprint density at radius 3 is 2.41 bits per heavy atom. The van der Waals surface area contributed by atoms with Crippen LogP contribution in [0.2, 0.25) is 0 Å². The lowest BCUT2D eigenvalue weighted by atomic mass is 10.1. The van der Waals surface area contributed by atoms with Gasteiger partial charge in [-0.25, -0.2) is 13.2 Å². The molecule has 0 radical (unpaired) electrons. The Morgan fingerprint density at radius 1 is 0.969 bits per heavy atom. The molecule has 9 heteroatoms. The normalized spacial score (nSPS) is 11.1. The summed E-state index contributed by atoms with van der Waals surface area (Å²) in [4.78, 5) is 27.3. The summed E-state index contributed by atoms with van der Waals surface area (Å²) in [5.41, 5.74) is 0.233. The molecular weight excluding hydrogens is 430 g/mol. The number of para-hydroxylation sites is 1. The van der Waals surface area contributed by atoms with E-state index in [0.717, 1.165) is 6.07 Å². The van der Waals surface area contributed by atoms with Crippen molar-refractivity contribution in [3.63, 3.8) is 0 Å². The van der Waals surface area contributed by atoms with Crippen LogP contribution in [0.3, 0.4) is 0 Å². The quantitative estimate of drug-likeness (QED) is 0.427. The molecule has 0 aliphatic heterocycles. The Labute approximate surface area is 182 Å². The number of rotatable bonds is 5. The van der Waals surface area contributed by atoms with Gasteiger partial charge in [0.1, 0.15) is 5.69 Å². The van der Waals surface area contributed by atoms with Crippen LogP contribution in [0.25, 0.3) is 10.9 Å². The molecule has 0 fully saturated rings. The van der Waals surface area contributed by atoms with Gasteiger partial charge < -0.3 is 15.4 Å². The van der Waals surface area contributed by atoms with E-state index in [4.69, 9.17) is 5.26 Å². The number of aromatic amines is 1. The van der Waals surface area contributed by atoms with E-state index in [2.05, 4.69) is 10.3 Å². The van der Waals surface area contributed by atoms with Crippen LogP contribution in [0.15, 0.2) is 82.6 Å². The first-order valence-electron chi connectivity index (χ1n) is 9.32. The number of benzene rings is 3. The number of amides is 1. The fraction of sp³-hybridized carbons (Fsp3) is 0. The van der Waals surface area contributed by atoms with E-state index in [-0.39, 0.29) is 37.8 Å². The fourth-order valence-corrected chi connectivity index (χ4v) is 4.76. The third-order valence-electron chi connectivity index (χ3n) is 4.83. The van der Waals surface area contributed by atoms with Crippen molar-refractivity contribution in [2.75, 3.05) is 5.32 Å². The fourth-order valence-electron chi connectivity index (χ4n) is 3.29. The highest BCUT2D eigenvalue weighted by Gasteiger charge is 2.23. The number of sulfone groups is 1. The van der Waals surface area contributed by atoms with E-state index < -0.39 is 21.7 Å². The zero-order valence-electron chi connectivity index (χ0n) is 16.4. The number of aromatic carboxylic acids is 1. The lowest BCUT2D eigenvalue weighted by Crippen LogP contribution is -2.15. The molecule has 1 heterocycles. The van der Waals surface area contributed by atoms with Crippen molar-refractivity contribution in [1.29, 1.82) is 5.26 Å². The Hall–Kier alpha value is -4.42. The van der Waals surface area contributed by atoms with Crippen molar-refractivity contribution in [2.24, 2.45) is 0 Å². The number of H-pyrrole nitrogens is 1. The highest BCUT2D eigenvalue weighted by Crippen LogP contribution is 2.29. The number of fused-ring (bicyclic) bond motifs is 1. The van der Waals surface area contributed by atoms with Gasteiger partial charge in [-0.1, -0.05) is 30.3 Å². The third-order valence-corrected chi connectivity index (χ3v) is 6.64. The van der Waals surface area contributed by atoms with Gasteiger partial charge in [0.25, 0.3) is 5.91 Å². The SMILES string of the molecule is N#Cc1ccc(NC(=O)c2cc3cccc(S(=O)(=O)c4ccccc4)c3[nH]2)c(C(=O)O)c1. The number of anilines is 1. The topological polar surface area (TPSA) is 140 Å². The van der Waals surface area contributed by atoms with Crippen molar-refractivity contribution in [2.45, 2.75) is 9.79 Å². The van der Waals surface area contributed by atoms with Gasteiger partial charge in [0.05, 0.1) is 38.2 Å². The maximum atomic E-state index is 13.1. The van der Waals surface area contributed by atoms with E-state index in [1.165, 1.54) is 36.4 Å². The predicted octanol–water partition coefficient (Wildman–Crippen LogP) is 3.82. The minimum absolute atomic E-state index is 0.0114. The Bertz CT molecular complexity index is 1520. The average Bonchev–Trinajstić information content (AvgIpc) is 3.24. The Kier molecular flexibility index (Phi) is 5.22. The summed E-state index contributed by atoms with van der Waals surface area (Å²) < 4.78 is 26.2. The van der Waals surface area contributed by atoms with Crippen LogP contribution in [0, 0.1) is 11.3 Å². The van der Waals surface area contributed by atoms with Crippen LogP contribution >= 0.6 is 0 Å². The summed E-state index contributed by atoms with van der Waals surface area (Å²) in [7, 11) is -3.83. The second-order valence-electron chi connectivity index (χ2n) is 6.85. The van der Waals surface area contributed by atoms with Crippen LogP contribution < -0.4 is 5.32 Å². The first-order valence-corrected chi connectivity index (χ1v) is 10.8. The number of nitrogens with one attached hydrogen (secondary N) is 2. The van der Waals surface area contributed by atoms with Crippen LogP contribution in [-0.2, 0) is 9.84 Å². The van der Waals surface area contributed by atoms with Gasteiger partial charge >= 0.3 is 5.97 Å². The van der Waals surface area contributed by atoms with Gasteiger partial charge in [-0.3, -0.25) is 4.79 Å². The smallest absolute Gasteiger partial charge is 0.337 e. The van der Waals surface area contributed by atoms with Crippen LogP contribution in [0.5, 0.6) is 0 Å². The number of nitriles is 1. The van der Waals surface area contributed by atoms with Crippen molar-refractivity contribution < 1.29 is 23.1 Å². The van der Waals surface area contributed by atoms with Crippen molar-refractivity contribution in [1.82, 2.24) is 4.98 Å². The average molecular weight is 445 g/mol. The molecular formula is C23H15N3O5S. The summed E-state index contributed by atoms with van der Waals surface area (Å²) in [5, 5.41) is 21.4. The molecule has 0 unspecified atom stereocenters. The Morgan fingerprint density at radius 2 is 1.72 bits per heavy atom. The van der Waals surface area contributed by atoms with E-state index in [1.54, 1.807) is 30.3 Å². The second kappa shape index (κ2) is 8.02. The third kappa shape index (κ3) is 3.71. The molecule has 3 N–H and O–H groups in total. The summed E-state index contributed by atoms with van der Waals surface area (Å²) in [6, 6.07) is 19.8. The molecule has 1 amide bonds. The maximum absolute atomic E-state index is 13.1. The highest BCUT2D eigenvalue weighted by molar-refractivity contribution is 7.91. The highest BCUT2D eigenvalue weighted by atomic mass is 32.2. The standard InChI is InChI=1S/C23H15N3O5S/c24-13-14-9-10-18(17(11-14)23(28)29)26-22(27)19-12-15-5-4-8-20(21(15)25-19)32(30,31)16-6-2-1-3-7-16/h1-12,25H,(H,26,27)(H,28,29). The molecule has 32 heavy (non-hydrogen) atoms. The van der Waals surface area contributed by atoms with Crippen LogP contribution in [-0.4, -0.2) is 30.4 Å². The van der Waals surface area contributed by atoms with Gasteiger partial charge in [0, 0.05) is 5.39 Å². The van der Waals surface area contributed by atoms with E-state index in [1.807, 2.05) is 6.07 Å². The molecule has 4 rings (SSSR count). The minimum Gasteiger partial charge on any atom is -0.478 e. The summed E-state index contributed by atoms with van der Waals surface area (Å²) in [6.45, 7) is 0. The second-order valence-corrected chi connectivity index (χ2v) is 8.77. The number of aromatic nitrogens is 1. The van der Waals surface area contributed by atoms with E-state index in [0.29, 0.717) is 5.39 Å². The van der Waals surface area contributed by atoms with Gasteiger partial charge in [-0.05, 0) is 42.5 Å². The first-order chi connectivity index (χ1) is 15.3. The molecule has 0 spiro atoms. The molecule has 0 saturated carbocycles. The molecule has 0 bridgehead atoms. The number of nitrogens with zero attached hydrogens (tertiary/aromatic N) is 1. The molecule has 158 valence electrons. The molecule has 0 saturated heterocycles. The summed E-state index contributed by atoms with van der Waals surface area (Å²) >= 11 is 0. The molecule has 1 aromatic heterocycles. The van der Waals surface area contributed by atoms with Crippen LogP contribution in [0.4, 0.5) is 5.69 Å². The molecule has 3 aromatic carbocycles. The zero-order chi connectivity index (χ0) is 22.9. The van der Waals surface area contributed by atoms with Crippen molar-refractivity contribution in [3.05, 3.63) is 89.6 Å². The summed E-state index contributed by atoms with van der Waals surface area (Å²) in [5.74, 6) is -1.96.